The molecule has 3 unspecified atom stereocenters. The highest BCUT2D eigenvalue weighted by Crippen LogP contribution is 2.34. The smallest absolute Gasteiger partial charge is 0.407 e. The summed E-state index contributed by atoms with van der Waals surface area (Å²) in [6.07, 6.45) is 11.2. The van der Waals surface area contributed by atoms with Crippen molar-refractivity contribution in [2.75, 3.05) is 13.2 Å². The summed E-state index contributed by atoms with van der Waals surface area (Å²) >= 11 is 0. The standard InChI is InChI=1S/C28H44N2O4/c1-5-6-7-10-21(14-16-30-27(31)34-28(2,3)4)19-25(33-26-11-8-9-18-32-26)23-12-13-24-22(20-23)15-17-29-24/h12-13,15,17,20-21,25-26,29H,5-11,14,16,18-19H2,1-4H3,(H,30,31). The van der Waals surface area contributed by atoms with Gasteiger partial charge in [-0.25, -0.2) is 4.79 Å². The second kappa shape index (κ2) is 13.1. The van der Waals surface area contributed by atoms with Gasteiger partial charge in [-0.2, -0.15) is 0 Å². The number of alkyl carbamates (subject to hydrolysis) is 1. The number of carbonyl (C=O) groups excluding carboxylic acids is 1. The Morgan fingerprint density at radius 1 is 1.21 bits per heavy atom. The van der Waals surface area contributed by atoms with Gasteiger partial charge in [-0.3, -0.25) is 0 Å². The zero-order valence-electron chi connectivity index (χ0n) is 21.5. The maximum absolute atomic E-state index is 12.1. The number of rotatable bonds is 12. The van der Waals surface area contributed by atoms with E-state index in [4.69, 9.17) is 14.2 Å². The number of amides is 1. The van der Waals surface area contributed by atoms with Crippen LogP contribution < -0.4 is 5.32 Å². The third kappa shape index (κ3) is 8.95. The molecule has 3 rings (SSSR count). The molecule has 0 spiro atoms. The number of hydrogen-bond donors (Lipinski definition) is 2. The van der Waals surface area contributed by atoms with Gasteiger partial charge < -0.3 is 24.5 Å². The zero-order chi connectivity index (χ0) is 24.4. The Morgan fingerprint density at radius 3 is 2.79 bits per heavy atom. The maximum atomic E-state index is 12.1. The van der Waals surface area contributed by atoms with Gasteiger partial charge in [0, 0.05) is 24.9 Å². The number of nitrogens with one attached hydrogen (secondary N) is 2. The summed E-state index contributed by atoms with van der Waals surface area (Å²) in [7, 11) is 0. The van der Waals surface area contributed by atoms with Crippen LogP contribution in [0.1, 0.15) is 97.1 Å². The minimum Gasteiger partial charge on any atom is -0.444 e. The Morgan fingerprint density at radius 2 is 2.06 bits per heavy atom. The van der Waals surface area contributed by atoms with Gasteiger partial charge in [0.1, 0.15) is 5.60 Å². The lowest BCUT2D eigenvalue weighted by atomic mass is 9.89. The van der Waals surface area contributed by atoms with Crippen LogP contribution in [0, 0.1) is 5.92 Å². The minimum atomic E-state index is -0.486. The molecule has 2 aromatic rings. The summed E-state index contributed by atoms with van der Waals surface area (Å²) in [6, 6.07) is 8.66. The highest BCUT2D eigenvalue weighted by molar-refractivity contribution is 5.80. The monoisotopic (exact) mass is 472 g/mol. The first-order chi connectivity index (χ1) is 16.3. The van der Waals surface area contributed by atoms with E-state index in [1.54, 1.807) is 0 Å². The fraction of sp³-hybridized carbons (Fsp3) is 0.679. The summed E-state index contributed by atoms with van der Waals surface area (Å²) in [5.41, 5.74) is 1.85. The summed E-state index contributed by atoms with van der Waals surface area (Å²) in [4.78, 5) is 15.4. The molecular weight excluding hydrogens is 428 g/mol. The van der Waals surface area contributed by atoms with Crippen molar-refractivity contribution in [1.29, 1.82) is 0 Å². The molecule has 0 aliphatic carbocycles. The first-order valence-corrected chi connectivity index (χ1v) is 13.1. The van der Waals surface area contributed by atoms with E-state index in [0.717, 1.165) is 50.6 Å². The molecule has 0 radical (unpaired) electrons. The van der Waals surface area contributed by atoms with Crippen LogP contribution in [0.15, 0.2) is 30.5 Å². The summed E-state index contributed by atoms with van der Waals surface area (Å²) in [5.74, 6) is 0.442. The fourth-order valence-corrected chi connectivity index (χ4v) is 4.60. The molecule has 1 aromatic carbocycles. The molecular formula is C28H44N2O4. The summed E-state index contributed by atoms with van der Waals surface area (Å²) in [6.45, 7) is 9.27. The lowest BCUT2D eigenvalue weighted by molar-refractivity contribution is -0.193. The molecule has 6 heteroatoms. The van der Waals surface area contributed by atoms with E-state index in [2.05, 4.69) is 41.5 Å². The van der Waals surface area contributed by atoms with Crippen LogP contribution in [0.3, 0.4) is 0 Å². The van der Waals surface area contributed by atoms with Gasteiger partial charge in [0.2, 0.25) is 0 Å². The van der Waals surface area contributed by atoms with Gasteiger partial charge in [-0.15, -0.1) is 0 Å². The molecule has 2 heterocycles. The van der Waals surface area contributed by atoms with E-state index >= 15 is 0 Å². The summed E-state index contributed by atoms with van der Waals surface area (Å²) in [5, 5.41) is 4.14. The Balaban J connectivity index is 1.68. The van der Waals surface area contributed by atoms with Crippen LogP contribution in [0.25, 0.3) is 10.9 Å². The normalized spacial score (nSPS) is 18.5. The number of carbonyl (C=O) groups is 1. The molecule has 2 N–H and O–H groups in total. The van der Waals surface area contributed by atoms with Crippen LogP contribution in [0.2, 0.25) is 0 Å². The minimum absolute atomic E-state index is 0.0319. The highest BCUT2D eigenvalue weighted by atomic mass is 16.7. The van der Waals surface area contributed by atoms with Crippen molar-refractivity contribution in [1.82, 2.24) is 10.3 Å². The van der Waals surface area contributed by atoms with E-state index in [9.17, 15) is 4.79 Å². The molecule has 6 nitrogen and oxygen atoms in total. The molecule has 0 saturated carbocycles. The number of ether oxygens (including phenoxy) is 3. The number of aromatic nitrogens is 1. The van der Waals surface area contributed by atoms with Crippen LogP contribution in [0.5, 0.6) is 0 Å². The largest absolute Gasteiger partial charge is 0.444 e. The van der Waals surface area contributed by atoms with Crippen molar-refractivity contribution in [2.24, 2.45) is 5.92 Å². The Labute approximate surface area is 205 Å². The Hall–Kier alpha value is -2.05. The topological polar surface area (TPSA) is 72.6 Å². The SMILES string of the molecule is CCCCCC(CCNC(=O)OC(C)(C)C)CC(OC1CCCCO1)c1ccc2[nH]ccc2c1. The predicted molar refractivity (Wildman–Crippen MR) is 137 cm³/mol. The zero-order valence-corrected chi connectivity index (χ0v) is 21.5. The molecule has 3 atom stereocenters. The number of aromatic amines is 1. The molecule has 1 amide bonds. The van der Waals surface area contributed by atoms with E-state index in [-0.39, 0.29) is 18.5 Å². The molecule has 1 fully saturated rings. The number of benzene rings is 1. The second-order valence-electron chi connectivity index (χ2n) is 10.6. The Bertz CT molecular complexity index is 867. The highest BCUT2D eigenvalue weighted by Gasteiger charge is 2.25. The maximum Gasteiger partial charge on any atom is 0.407 e. The van der Waals surface area contributed by atoms with Gasteiger partial charge in [0.05, 0.1) is 6.10 Å². The molecule has 190 valence electrons. The molecule has 0 bridgehead atoms. The van der Waals surface area contributed by atoms with Crippen LogP contribution in [0.4, 0.5) is 4.79 Å². The van der Waals surface area contributed by atoms with E-state index in [1.165, 1.54) is 30.2 Å². The second-order valence-corrected chi connectivity index (χ2v) is 10.6. The lowest BCUT2D eigenvalue weighted by Gasteiger charge is -2.30. The molecule has 1 aliphatic heterocycles. The van der Waals surface area contributed by atoms with Crippen molar-refractivity contribution < 1.29 is 19.0 Å². The van der Waals surface area contributed by atoms with Crippen LogP contribution in [-0.2, 0) is 14.2 Å². The molecule has 1 aromatic heterocycles. The van der Waals surface area contributed by atoms with Crippen molar-refractivity contribution in [3.8, 4) is 0 Å². The predicted octanol–water partition coefficient (Wildman–Crippen LogP) is 7.25. The molecule has 34 heavy (non-hydrogen) atoms. The van der Waals surface area contributed by atoms with Crippen molar-refractivity contribution in [3.63, 3.8) is 0 Å². The van der Waals surface area contributed by atoms with Crippen LogP contribution >= 0.6 is 0 Å². The van der Waals surface area contributed by atoms with Crippen LogP contribution in [-0.4, -0.2) is 36.1 Å². The van der Waals surface area contributed by atoms with Gasteiger partial charge in [0.25, 0.3) is 0 Å². The third-order valence-electron chi connectivity index (χ3n) is 6.39. The van der Waals surface area contributed by atoms with Gasteiger partial charge in [0.15, 0.2) is 6.29 Å². The van der Waals surface area contributed by atoms with Crippen molar-refractivity contribution >= 4 is 17.0 Å². The van der Waals surface area contributed by atoms with Gasteiger partial charge in [-0.1, -0.05) is 38.7 Å². The molecule has 1 aliphatic rings. The molecule has 1 saturated heterocycles. The number of hydrogen-bond acceptors (Lipinski definition) is 4. The van der Waals surface area contributed by atoms with E-state index in [1.807, 2.05) is 27.0 Å². The summed E-state index contributed by atoms with van der Waals surface area (Å²) < 4.78 is 17.9. The van der Waals surface area contributed by atoms with Gasteiger partial charge in [-0.05, 0) is 87.9 Å². The van der Waals surface area contributed by atoms with Crippen molar-refractivity contribution in [3.05, 3.63) is 36.0 Å². The third-order valence-corrected chi connectivity index (χ3v) is 6.39. The van der Waals surface area contributed by atoms with E-state index < -0.39 is 5.60 Å². The first-order valence-electron chi connectivity index (χ1n) is 13.1. The Kier molecular flexibility index (Phi) is 10.3. The van der Waals surface area contributed by atoms with Crippen molar-refractivity contribution in [2.45, 2.75) is 103 Å². The first kappa shape index (κ1) is 26.6. The van der Waals surface area contributed by atoms with Gasteiger partial charge >= 0.3 is 6.09 Å². The lowest BCUT2D eigenvalue weighted by Crippen LogP contribution is -2.33. The average molecular weight is 473 g/mol. The van der Waals surface area contributed by atoms with E-state index in [0.29, 0.717) is 12.5 Å². The fourth-order valence-electron chi connectivity index (χ4n) is 4.60. The number of unbranched alkanes of at least 4 members (excludes halogenated alkanes) is 2. The quantitative estimate of drug-likeness (QED) is 0.319. The average Bonchev–Trinajstić information content (AvgIpc) is 3.26. The number of fused-ring (bicyclic) bond motifs is 1. The number of H-pyrrole nitrogens is 1.